The average Bonchev–Trinajstić information content (AvgIpc) is 3.53. The highest BCUT2D eigenvalue weighted by molar-refractivity contribution is 6.05. The molecule has 162 valence electrons. The molecule has 0 aromatic heterocycles. The van der Waals surface area contributed by atoms with E-state index in [4.69, 9.17) is 4.74 Å². The van der Waals surface area contributed by atoms with Gasteiger partial charge in [0, 0.05) is 44.6 Å². The molecule has 3 N–H and O–H groups in total. The zero-order valence-corrected chi connectivity index (χ0v) is 17.6. The Balaban J connectivity index is 1.18. The Hall–Kier alpha value is -2.90. The van der Waals surface area contributed by atoms with Crippen LogP contribution in [0.3, 0.4) is 0 Å². The molecular weight excluding hydrogens is 394 g/mol. The lowest BCUT2D eigenvalue weighted by molar-refractivity contribution is -0.125. The lowest BCUT2D eigenvalue weighted by Crippen LogP contribution is -2.42. The number of β-amino-alcohol motifs (C(OH)–C–C–N with tert-alkyl or cyclic N) is 1. The summed E-state index contributed by atoms with van der Waals surface area (Å²) in [5, 5.41) is 16.2. The molecule has 0 unspecified atom stereocenters. The normalized spacial score (nSPS) is 19.6. The van der Waals surface area contributed by atoms with E-state index in [0.29, 0.717) is 23.5 Å². The number of hydrogen-bond acceptors (Lipinski definition) is 5. The van der Waals surface area contributed by atoms with Gasteiger partial charge in [0.15, 0.2) is 5.60 Å². The van der Waals surface area contributed by atoms with Gasteiger partial charge in [-0.05, 0) is 42.2 Å². The Morgan fingerprint density at radius 3 is 2.84 bits per heavy atom. The first-order chi connectivity index (χ1) is 14.9. The lowest BCUT2D eigenvalue weighted by atomic mass is 10.00. The minimum absolute atomic E-state index is 0.145. The molecule has 1 spiro atoms. The molecular formula is C24H27N3O4. The molecule has 0 saturated heterocycles. The topological polar surface area (TPSA) is 90.9 Å². The molecule has 31 heavy (non-hydrogen) atoms. The number of anilines is 1. The van der Waals surface area contributed by atoms with Crippen molar-refractivity contribution in [2.45, 2.75) is 44.4 Å². The van der Waals surface area contributed by atoms with Crippen molar-refractivity contribution < 1.29 is 19.4 Å². The van der Waals surface area contributed by atoms with E-state index in [0.717, 1.165) is 37.9 Å². The van der Waals surface area contributed by atoms with Crippen molar-refractivity contribution in [1.82, 2.24) is 10.2 Å². The fraction of sp³-hybridized carbons (Fsp3) is 0.417. The molecule has 1 saturated carbocycles. The number of fused-ring (bicyclic) bond motifs is 2. The van der Waals surface area contributed by atoms with Crippen LogP contribution in [0.5, 0.6) is 5.75 Å². The Morgan fingerprint density at radius 1 is 1.29 bits per heavy atom. The smallest absolute Gasteiger partial charge is 0.268 e. The van der Waals surface area contributed by atoms with Crippen LogP contribution >= 0.6 is 0 Å². The summed E-state index contributed by atoms with van der Waals surface area (Å²) < 4.78 is 5.88. The zero-order valence-electron chi connectivity index (χ0n) is 17.6. The number of carbonyl (C=O) groups is 2. The van der Waals surface area contributed by atoms with Gasteiger partial charge in [0.25, 0.3) is 11.8 Å². The summed E-state index contributed by atoms with van der Waals surface area (Å²) in [5.74, 6) is 0.189. The third kappa shape index (κ3) is 3.91. The molecule has 0 bridgehead atoms. The van der Waals surface area contributed by atoms with E-state index in [1.165, 1.54) is 11.1 Å². The first-order valence-electron chi connectivity index (χ1n) is 10.8. The number of amides is 2. The van der Waals surface area contributed by atoms with Crippen molar-refractivity contribution in [2.24, 2.45) is 0 Å². The fourth-order valence-electron chi connectivity index (χ4n) is 4.42. The monoisotopic (exact) mass is 421 g/mol. The van der Waals surface area contributed by atoms with Gasteiger partial charge in [0.2, 0.25) is 0 Å². The van der Waals surface area contributed by atoms with Gasteiger partial charge in [0.1, 0.15) is 5.75 Å². The SMILES string of the molecule is Cc1cc2c(cc1C(=O)NC[C@H](O)CN1CCc3ccccc3C1)NC(=O)C1(CC1)O2. The van der Waals surface area contributed by atoms with Crippen molar-refractivity contribution in [3.63, 3.8) is 0 Å². The number of ether oxygens (including phenoxy) is 1. The molecule has 2 amide bonds. The largest absolute Gasteiger partial charge is 0.475 e. The summed E-state index contributed by atoms with van der Waals surface area (Å²) in [5.41, 5.74) is 3.71. The standard InChI is InChI=1S/C24H27N3O4/c1-15-10-21-20(26-23(30)24(31-21)7-8-24)11-19(15)22(29)25-12-18(28)14-27-9-6-16-4-2-3-5-17(16)13-27/h2-5,10-11,18,28H,6-9,12-14H2,1H3,(H,25,29)(H,26,30)/t18-/m0/s1. The van der Waals surface area contributed by atoms with Crippen molar-refractivity contribution in [2.75, 3.05) is 25.0 Å². The van der Waals surface area contributed by atoms with Crippen LogP contribution in [-0.4, -0.2) is 53.2 Å². The minimum Gasteiger partial charge on any atom is -0.475 e. The van der Waals surface area contributed by atoms with Gasteiger partial charge in [-0.1, -0.05) is 24.3 Å². The predicted octanol–water partition coefficient (Wildman–Crippen LogP) is 2.01. The molecule has 2 aliphatic heterocycles. The second-order valence-electron chi connectivity index (χ2n) is 8.83. The van der Waals surface area contributed by atoms with E-state index in [1.54, 1.807) is 12.1 Å². The Labute approximate surface area is 181 Å². The molecule has 1 atom stereocenters. The van der Waals surface area contributed by atoms with Gasteiger partial charge in [-0.15, -0.1) is 0 Å². The Bertz CT molecular complexity index is 1050. The first kappa shape index (κ1) is 20.0. The number of aliphatic hydroxyl groups excluding tert-OH is 1. The number of nitrogens with zero attached hydrogens (tertiary/aromatic N) is 1. The number of benzene rings is 2. The molecule has 3 aliphatic rings. The third-order valence-corrected chi connectivity index (χ3v) is 6.42. The minimum atomic E-state index is -0.706. The van der Waals surface area contributed by atoms with Gasteiger partial charge in [0.05, 0.1) is 11.8 Å². The maximum Gasteiger partial charge on any atom is 0.268 e. The number of aryl methyl sites for hydroxylation is 1. The van der Waals surface area contributed by atoms with Crippen LogP contribution in [0.1, 0.15) is 39.9 Å². The van der Waals surface area contributed by atoms with Crippen LogP contribution in [0.4, 0.5) is 5.69 Å². The van der Waals surface area contributed by atoms with Crippen LogP contribution in [0.25, 0.3) is 0 Å². The highest BCUT2D eigenvalue weighted by atomic mass is 16.5. The second-order valence-corrected chi connectivity index (χ2v) is 8.83. The quantitative estimate of drug-likeness (QED) is 0.687. The number of carbonyl (C=O) groups excluding carboxylic acids is 2. The van der Waals surface area contributed by atoms with Gasteiger partial charge < -0.3 is 20.5 Å². The van der Waals surface area contributed by atoms with Crippen molar-refractivity contribution >= 4 is 17.5 Å². The molecule has 2 aromatic carbocycles. The lowest BCUT2D eigenvalue weighted by Gasteiger charge is -2.30. The maximum absolute atomic E-state index is 12.7. The van der Waals surface area contributed by atoms with Crippen molar-refractivity contribution in [3.8, 4) is 5.75 Å². The van der Waals surface area contributed by atoms with E-state index in [9.17, 15) is 14.7 Å². The Morgan fingerprint density at radius 2 is 2.06 bits per heavy atom. The van der Waals surface area contributed by atoms with E-state index >= 15 is 0 Å². The van der Waals surface area contributed by atoms with E-state index in [-0.39, 0.29) is 18.4 Å². The van der Waals surface area contributed by atoms with Crippen molar-refractivity contribution in [3.05, 3.63) is 58.7 Å². The highest BCUT2D eigenvalue weighted by Gasteiger charge is 2.55. The fourth-order valence-corrected chi connectivity index (χ4v) is 4.42. The molecule has 7 nitrogen and oxygen atoms in total. The van der Waals surface area contributed by atoms with Crippen LogP contribution in [-0.2, 0) is 17.8 Å². The summed E-state index contributed by atoms with van der Waals surface area (Å²) in [6.45, 7) is 4.22. The Kier molecular flexibility index (Phi) is 4.95. The average molecular weight is 421 g/mol. The molecule has 5 rings (SSSR count). The summed E-state index contributed by atoms with van der Waals surface area (Å²) in [6.07, 6.45) is 1.75. The van der Waals surface area contributed by atoms with Gasteiger partial charge in [-0.2, -0.15) is 0 Å². The molecule has 1 aliphatic carbocycles. The van der Waals surface area contributed by atoms with Crippen molar-refractivity contribution in [1.29, 1.82) is 0 Å². The van der Waals surface area contributed by atoms with Crippen LogP contribution in [0.2, 0.25) is 0 Å². The summed E-state index contributed by atoms with van der Waals surface area (Å²) in [6, 6.07) is 11.8. The second kappa shape index (κ2) is 7.66. The van der Waals surface area contributed by atoms with E-state index < -0.39 is 11.7 Å². The maximum atomic E-state index is 12.7. The van der Waals surface area contributed by atoms with E-state index in [2.05, 4.69) is 33.7 Å². The predicted molar refractivity (Wildman–Crippen MR) is 116 cm³/mol. The number of hydrogen-bond donors (Lipinski definition) is 3. The zero-order chi connectivity index (χ0) is 21.6. The van der Waals surface area contributed by atoms with Crippen LogP contribution < -0.4 is 15.4 Å². The number of rotatable bonds is 5. The highest BCUT2D eigenvalue weighted by Crippen LogP contribution is 2.47. The molecule has 7 heteroatoms. The third-order valence-electron chi connectivity index (χ3n) is 6.42. The van der Waals surface area contributed by atoms with Gasteiger partial charge in [-0.25, -0.2) is 0 Å². The first-order valence-corrected chi connectivity index (χ1v) is 10.8. The summed E-state index contributed by atoms with van der Waals surface area (Å²) in [7, 11) is 0. The van der Waals surface area contributed by atoms with Gasteiger partial charge in [-0.3, -0.25) is 14.5 Å². The number of nitrogens with one attached hydrogen (secondary N) is 2. The summed E-state index contributed by atoms with van der Waals surface area (Å²) in [4.78, 5) is 27.2. The molecule has 1 fully saturated rings. The molecule has 2 aromatic rings. The molecule has 2 heterocycles. The van der Waals surface area contributed by atoms with Crippen LogP contribution in [0.15, 0.2) is 36.4 Å². The summed E-state index contributed by atoms with van der Waals surface area (Å²) >= 11 is 0. The van der Waals surface area contributed by atoms with Gasteiger partial charge >= 0.3 is 0 Å². The van der Waals surface area contributed by atoms with Crippen LogP contribution in [0, 0.1) is 6.92 Å². The number of aliphatic hydroxyl groups is 1. The van der Waals surface area contributed by atoms with E-state index in [1.807, 2.05) is 13.0 Å². The molecule has 0 radical (unpaired) electrons.